The zero-order valence-corrected chi connectivity index (χ0v) is 16.2. The number of H-pyrrole nitrogens is 1. The molecular weight excluding hydrogens is 379 g/mol. The fourth-order valence-corrected chi connectivity index (χ4v) is 6.21. The number of aromatic amines is 1. The van der Waals surface area contributed by atoms with Crippen molar-refractivity contribution in [2.45, 2.75) is 43.9 Å². The number of benzene rings is 1. The van der Waals surface area contributed by atoms with Crippen molar-refractivity contribution in [3.63, 3.8) is 0 Å². The average Bonchev–Trinajstić information content (AvgIpc) is 3.14. The maximum Gasteiger partial charge on any atom is 0.291 e. The van der Waals surface area contributed by atoms with E-state index < -0.39 is 11.7 Å². The topological polar surface area (TPSA) is 70.1 Å². The van der Waals surface area contributed by atoms with Crippen molar-refractivity contribution in [3.8, 4) is 0 Å². The summed E-state index contributed by atoms with van der Waals surface area (Å²) in [5, 5.41) is 11.4. The van der Waals surface area contributed by atoms with Crippen LogP contribution in [0.5, 0.6) is 0 Å². The molecule has 6 rings (SSSR count). The van der Waals surface area contributed by atoms with Gasteiger partial charge < -0.3 is 0 Å². The maximum absolute atomic E-state index is 13.8. The smallest absolute Gasteiger partial charge is 0.281 e. The number of aromatic nitrogens is 2. The molecule has 4 aliphatic rings. The van der Waals surface area contributed by atoms with Crippen LogP contribution < -0.4 is 5.43 Å². The predicted molar refractivity (Wildman–Crippen MR) is 105 cm³/mol. The highest BCUT2D eigenvalue weighted by Crippen LogP contribution is 2.60. The van der Waals surface area contributed by atoms with Crippen molar-refractivity contribution in [2.75, 3.05) is 0 Å². The summed E-state index contributed by atoms with van der Waals surface area (Å²) in [5.41, 5.74) is 4.10. The molecule has 28 heavy (non-hydrogen) atoms. The minimum absolute atomic E-state index is 0.140. The van der Waals surface area contributed by atoms with E-state index in [0.29, 0.717) is 5.69 Å². The summed E-state index contributed by atoms with van der Waals surface area (Å²) in [6, 6.07) is 6.25. The molecule has 0 unspecified atom stereocenters. The Hall–Kier alpha value is -2.21. The fraction of sp³-hybridized carbons (Fsp3) is 0.476. The molecule has 146 valence electrons. The highest BCUT2D eigenvalue weighted by Gasteiger charge is 2.52. The Balaban J connectivity index is 1.30. The molecule has 4 fully saturated rings. The summed E-state index contributed by atoms with van der Waals surface area (Å²) in [7, 11) is 0. The predicted octanol–water partition coefficient (Wildman–Crippen LogP) is 4.43. The van der Waals surface area contributed by atoms with Gasteiger partial charge in [-0.1, -0.05) is 17.7 Å². The number of halogens is 2. The van der Waals surface area contributed by atoms with Gasteiger partial charge in [0.05, 0.1) is 11.2 Å². The molecule has 7 heteroatoms. The van der Waals surface area contributed by atoms with Crippen LogP contribution in [0.15, 0.2) is 29.4 Å². The molecule has 0 spiro atoms. The summed E-state index contributed by atoms with van der Waals surface area (Å²) in [5.74, 6) is 1.55. The van der Waals surface area contributed by atoms with E-state index in [1.807, 2.05) is 6.07 Å². The number of hydrogen-bond acceptors (Lipinski definition) is 3. The lowest BCUT2D eigenvalue weighted by atomic mass is 9.49. The van der Waals surface area contributed by atoms with Gasteiger partial charge in [0.2, 0.25) is 0 Å². The Kier molecular flexibility index (Phi) is 4.27. The van der Waals surface area contributed by atoms with Gasteiger partial charge >= 0.3 is 0 Å². The highest BCUT2D eigenvalue weighted by atomic mass is 35.5. The Morgan fingerprint density at radius 1 is 1.25 bits per heavy atom. The lowest BCUT2D eigenvalue weighted by molar-refractivity contribution is -0.00721. The Labute approximate surface area is 167 Å². The standard InChI is InChI=1S/C21H22ClFN4O/c22-16-2-1-3-17(23)15(16)11-24-27-20(28)18-7-19(26-25-18)21-8-12-4-13(9-21)6-14(5-12)10-21/h1-3,7,11-14H,4-6,8-10H2,(H,25,26)(H,27,28)/b24-11-. The average molecular weight is 401 g/mol. The summed E-state index contributed by atoms with van der Waals surface area (Å²) >= 11 is 5.95. The molecule has 0 radical (unpaired) electrons. The van der Waals surface area contributed by atoms with Gasteiger partial charge in [0.15, 0.2) is 5.69 Å². The number of hydrazone groups is 1. The normalized spacial score (nSPS) is 30.9. The molecule has 2 aromatic rings. The summed E-state index contributed by atoms with van der Waals surface area (Å²) in [6.07, 6.45) is 8.92. The Morgan fingerprint density at radius 3 is 2.57 bits per heavy atom. The quantitative estimate of drug-likeness (QED) is 0.588. The first-order valence-electron chi connectivity index (χ1n) is 9.86. The van der Waals surface area contributed by atoms with Crippen molar-refractivity contribution >= 4 is 23.7 Å². The second-order valence-corrected chi connectivity index (χ2v) is 9.11. The van der Waals surface area contributed by atoms with Crippen LogP contribution in [0.2, 0.25) is 5.02 Å². The highest BCUT2D eigenvalue weighted by molar-refractivity contribution is 6.33. The van der Waals surface area contributed by atoms with E-state index >= 15 is 0 Å². The summed E-state index contributed by atoms with van der Waals surface area (Å²) in [6.45, 7) is 0. The molecule has 2 N–H and O–H groups in total. The number of amides is 1. The zero-order valence-electron chi connectivity index (χ0n) is 15.4. The van der Waals surface area contributed by atoms with Crippen LogP contribution >= 0.6 is 11.6 Å². The zero-order chi connectivity index (χ0) is 19.3. The third kappa shape index (κ3) is 3.04. The number of hydrogen-bond donors (Lipinski definition) is 2. The molecule has 1 heterocycles. The lowest BCUT2D eigenvalue weighted by Crippen LogP contribution is -2.48. The number of carbonyl (C=O) groups excluding carboxylic acids is 1. The molecule has 4 saturated carbocycles. The Bertz CT molecular complexity index is 898. The van der Waals surface area contributed by atoms with Crippen molar-refractivity contribution in [3.05, 3.63) is 52.1 Å². The van der Waals surface area contributed by atoms with E-state index in [0.717, 1.165) is 23.4 Å². The third-order valence-corrected chi connectivity index (χ3v) is 7.11. The van der Waals surface area contributed by atoms with Crippen molar-refractivity contribution in [1.29, 1.82) is 0 Å². The van der Waals surface area contributed by atoms with E-state index in [1.165, 1.54) is 56.9 Å². The van der Waals surface area contributed by atoms with Crippen LogP contribution in [0, 0.1) is 23.6 Å². The molecule has 4 aliphatic carbocycles. The molecule has 1 aromatic heterocycles. The summed E-state index contributed by atoms with van der Waals surface area (Å²) in [4.78, 5) is 12.4. The van der Waals surface area contributed by atoms with Gasteiger partial charge in [0, 0.05) is 16.7 Å². The van der Waals surface area contributed by atoms with Gasteiger partial charge in [-0.15, -0.1) is 0 Å². The van der Waals surface area contributed by atoms with Crippen LogP contribution in [0.4, 0.5) is 4.39 Å². The van der Waals surface area contributed by atoms with Gasteiger partial charge in [-0.2, -0.15) is 10.2 Å². The molecule has 0 atom stereocenters. The number of carbonyl (C=O) groups is 1. The van der Waals surface area contributed by atoms with Crippen LogP contribution in [0.3, 0.4) is 0 Å². The van der Waals surface area contributed by atoms with Gasteiger partial charge in [0.1, 0.15) is 5.82 Å². The molecule has 4 bridgehead atoms. The minimum atomic E-state index is -0.491. The first-order chi connectivity index (χ1) is 13.5. The van der Waals surface area contributed by atoms with Gasteiger partial charge in [-0.25, -0.2) is 9.82 Å². The van der Waals surface area contributed by atoms with Crippen LogP contribution in [0.1, 0.15) is 60.3 Å². The SMILES string of the molecule is O=C(N/N=C\c1c(F)cccc1Cl)c1cc(C23CC4CC(CC(C4)C2)C3)[nH]n1. The maximum atomic E-state index is 13.8. The second-order valence-electron chi connectivity index (χ2n) is 8.70. The number of nitrogens with one attached hydrogen (secondary N) is 2. The fourth-order valence-electron chi connectivity index (χ4n) is 6.00. The van der Waals surface area contributed by atoms with Crippen LogP contribution in [0.25, 0.3) is 0 Å². The van der Waals surface area contributed by atoms with E-state index in [4.69, 9.17) is 11.6 Å². The molecule has 1 aromatic carbocycles. The van der Waals surface area contributed by atoms with Crippen LogP contribution in [-0.2, 0) is 5.41 Å². The molecule has 1 amide bonds. The van der Waals surface area contributed by atoms with Gasteiger partial charge in [0.25, 0.3) is 5.91 Å². The summed E-state index contributed by atoms with van der Waals surface area (Å²) < 4.78 is 13.8. The van der Waals surface area contributed by atoms with Crippen molar-refractivity contribution < 1.29 is 9.18 Å². The molecule has 5 nitrogen and oxygen atoms in total. The van der Waals surface area contributed by atoms with Crippen molar-refractivity contribution in [1.82, 2.24) is 15.6 Å². The minimum Gasteiger partial charge on any atom is -0.281 e. The monoisotopic (exact) mass is 400 g/mol. The third-order valence-electron chi connectivity index (χ3n) is 6.78. The van der Waals surface area contributed by atoms with Crippen molar-refractivity contribution in [2.24, 2.45) is 22.9 Å². The van der Waals surface area contributed by atoms with Gasteiger partial charge in [-0.3, -0.25) is 9.89 Å². The molecular formula is C21H22ClFN4O. The first-order valence-corrected chi connectivity index (χ1v) is 10.2. The largest absolute Gasteiger partial charge is 0.291 e. The lowest BCUT2D eigenvalue weighted by Gasteiger charge is -2.56. The molecule has 0 saturated heterocycles. The second kappa shape index (κ2) is 6.69. The van der Waals surface area contributed by atoms with E-state index in [2.05, 4.69) is 20.7 Å². The van der Waals surface area contributed by atoms with Gasteiger partial charge in [-0.05, 0) is 74.5 Å². The van der Waals surface area contributed by atoms with E-state index in [-0.39, 0.29) is 16.0 Å². The van der Waals surface area contributed by atoms with E-state index in [9.17, 15) is 9.18 Å². The number of nitrogens with zero attached hydrogens (tertiary/aromatic N) is 2. The Morgan fingerprint density at radius 2 is 1.93 bits per heavy atom. The first kappa shape index (κ1) is 17.9. The molecule has 0 aliphatic heterocycles. The number of rotatable bonds is 4. The van der Waals surface area contributed by atoms with Crippen LogP contribution in [-0.4, -0.2) is 22.3 Å². The van der Waals surface area contributed by atoms with E-state index in [1.54, 1.807) is 6.07 Å².